The van der Waals surface area contributed by atoms with E-state index in [-0.39, 0.29) is 0 Å². The van der Waals surface area contributed by atoms with Gasteiger partial charge in [0.05, 0.1) is 11.3 Å². The Morgan fingerprint density at radius 3 is 2.79 bits per heavy atom. The Bertz CT molecular complexity index is 1080. The average Bonchev–Trinajstić information content (AvgIpc) is 3.12. The fraction of sp³-hybridized carbons (Fsp3) is 0.333. The Hall–Kier alpha value is -3.10. The number of nitrogens with one attached hydrogen (secondary N) is 1. The van der Waals surface area contributed by atoms with E-state index < -0.39 is 11.6 Å². The van der Waals surface area contributed by atoms with Crippen LogP contribution < -0.4 is 16.0 Å². The van der Waals surface area contributed by atoms with Crippen molar-refractivity contribution in [3.8, 4) is 17.0 Å². The molecule has 0 saturated carbocycles. The molecule has 4 rings (SSSR count). The Balaban J connectivity index is 1.48. The number of carbonyl (C=O) groups excluding carboxylic acids is 1. The minimum atomic E-state index is -0.833. The molecule has 3 N–H and O–H groups in total. The standard InChI is InChI=1S/C21H24N5O3/c1-24-7-9-25(10-8-24)11-12-29-16-4-5-18-15(13-16)14-19(23-18)17-3-2-6-26(20(17)27)21(22)28/h3-6,13-14,23H,7-12H2,1H3,(H2,22,28). The van der Waals surface area contributed by atoms with Gasteiger partial charge < -0.3 is 20.4 Å². The molecule has 151 valence electrons. The maximum Gasteiger partial charge on any atom is 0.325 e. The van der Waals surface area contributed by atoms with Crippen LogP contribution in [0.1, 0.15) is 0 Å². The van der Waals surface area contributed by atoms with Crippen molar-refractivity contribution in [1.82, 2.24) is 19.4 Å². The molecule has 3 heterocycles. The number of benzene rings is 1. The number of hydrogen-bond donors (Lipinski definition) is 2. The van der Waals surface area contributed by atoms with E-state index in [4.69, 9.17) is 10.5 Å². The van der Waals surface area contributed by atoms with Crippen LogP contribution in [0.5, 0.6) is 5.75 Å². The van der Waals surface area contributed by atoms with Gasteiger partial charge in [0.1, 0.15) is 12.4 Å². The van der Waals surface area contributed by atoms with Crippen molar-refractivity contribution in [1.29, 1.82) is 0 Å². The summed E-state index contributed by atoms with van der Waals surface area (Å²) in [4.78, 5) is 31.8. The Labute approximate surface area is 168 Å². The highest BCUT2D eigenvalue weighted by molar-refractivity contribution is 5.87. The predicted molar refractivity (Wildman–Crippen MR) is 111 cm³/mol. The van der Waals surface area contributed by atoms with E-state index in [0.29, 0.717) is 17.9 Å². The number of piperazine rings is 1. The highest BCUT2D eigenvalue weighted by Crippen LogP contribution is 2.25. The van der Waals surface area contributed by atoms with Crippen LogP contribution in [-0.4, -0.2) is 71.8 Å². The van der Waals surface area contributed by atoms with Crippen LogP contribution in [0.2, 0.25) is 0 Å². The zero-order chi connectivity index (χ0) is 20.4. The van der Waals surface area contributed by atoms with E-state index in [9.17, 15) is 9.59 Å². The molecule has 2 aromatic heterocycles. The van der Waals surface area contributed by atoms with Gasteiger partial charge in [0.15, 0.2) is 0 Å². The first-order valence-electron chi connectivity index (χ1n) is 9.60. The van der Waals surface area contributed by atoms with Gasteiger partial charge in [-0.25, -0.2) is 9.36 Å². The van der Waals surface area contributed by atoms with E-state index >= 15 is 0 Å². The third-order valence-electron chi connectivity index (χ3n) is 5.27. The molecule has 1 aliphatic rings. The molecular weight excluding hydrogens is 370 g/mol. The molecule has 0 bridgehead atoms. The molecule has 1 radical (unpaired) electrons. The number of primary amides is 1. The van der Waals surface area contributed by atoms with Crippen LogP contribution >= 0.6 is 0 Å². The van der Waals surface area contributed by atoms with Gasteiger partial charge in [0.2, 0.25) is 0 Å². The zero-order valence-corrected chi connectivity index (χ0v) is 16.4. The molecule has 1 saturated heterocycles. The lowest BCUT2D eigenvalue weighted by Gasteiger charge is -2.32. The molecule has 0 aliphatic carbocycles. The number of carbonyl (C=O) groups is 1. The van der Waals surface area contributed by atoms with Crippen LogP contribution in [-0.2, 0) is 0 Å². The van der Waals surface area contributed by atoms with E-state index in [1.807, 2.05) is 24.3 Å². The Kier molecular flexibility index (Phi) is 5.37. The van der Waals surface area contributed by atoms with Gasteiger partial charge in [0, 0.05) is 55.9 Å². The molecule has 8 nitrogen and oxygen atoms in total. The maximum atomic E-state index is 12.5. The lowest BCUT2D eigenvalue weighted by Crippen LogP contribution is -2.45. The quantitative estimate of drug-likeness (QED) is 0.681. The second-order valence-corrected chi connectivity index (χ2v) is 7.29. The number of rotatable bonds is 5. The summed E-state index contributed by atoms with van der Waals surface area (Å²) in [5, 5.41) is 0.922. The summed E-state index contributed by atoms with van der Waals surface area (Å²) in [6.07, 6.45) is 1.24. The maximum absolute atomic E-state index is 12.5. The number of likely N-dealkylation sites (N-methyl/N-ethyl adjacent to an activating group) is 1. The molecule has 8 heteroatoms. The van der Waals surface area contributed by atoms with Gasteiger partial charge in [-0.1, -0.05) is 0 Å². The second-order valence-electron chi connectivity index (χ2n) is 7.29. The third kappa shape index (κ3) is 4.18. The van der Waals surface area contributed by atoms with Crippen molar-refractivity contribution in [2.24, 2.45) is 5.73 Å². The number of pyridine rings is 1. The third-order valence-corrected chi connectivity index (χ3v) is 5.27. The molecule has 29 heavy (non-hydrogen) atoms. The van der Waals surface area contributed by atoms with Crippen molar-refractivity contribution in [3.05, 3.63) is 52.9 Å². The van der Waals surface area contributed by atoms with Crippen molar-refractivity contribution < 1.29 is 9.53 Å². The molecule has 1 aliphatic heterocycles. The van der Waals surface area contributed by atoms with Gasteiger partial charge in [-0.05, 0) is 37.4 Å². The van der Waals surface area contributed by atoms with E-state index in [0.717, 1.165) is 53.9 Å². The van der Waals surface area contributed by atoms with Crippen molar-refractivity contribution >= 4 is 16.9 Å². The zero-order valence-electron chi connectivity index (χ0n) is 16.4. The van der Waals surface area contributed by atoms with Crippen molar-refractivity contribution in [2.75, 3.05) is 46.4 Å². The average molecular weight is 394 g/mol. The fourth-order valence-electron chi connectivity index (χ4n) is 3.51. The number of fused-ring (bicyclic) bond motifs is 1. The molecule has 0 atom stereocenters. The van der Waals surface area contributed by atoms with Crippen LogP contribution in [0.25, 0.3) is 22.2 Å². The van der Waals surface area contributed by atoms with Gasteiger partial charge in [0.25, 0.3) is 5.56 Å². The summed E-state index contributed by atoms with van der Waals surface area (Å²) >= 11 is 0. The van der Waals surface area contributed by atoms with Crippen LogP contribution in [0.4, 0.5) is 4.79 Å². The first-order valence-corrected chi connectivity index (χ1v) is 9.60. The summed E-state index contributed by atoms with van der Waals surface area (Å²) in [5.74, 6) is 0.784. The normalized spacial score (nSPS) is 15.6. The number of hydrogen-bond acceptors (Lipinski definition) is 5. The highest BCUT2D eigenvalue weighted by Gasteiger charge is 2.14. The lowest BCUT2D eigenvalue weighted by molar-refractivity contribution is 0.134. The number of nitrogens with zero attached hydrogens (tertiary/aromatic N) is 3. The summed E-state index contributed by atoms with van der Waals surface area (Å²) in [5.41, 5.74) is 6.57. The van der Waals surface area contributed by atoms with Crippen molar-refractivity contribution in [3.63, 3.8) is 0 Å². The number of H-pyrrole nitrogens is 1. The first kappa shape index (κ1) is 19.2. The molecule has 1 aromatic carbocycles. The van der Waals surface area contributed by atoms with Gasteiger partial charge in [-0.15, -0.1) is 0 Å². The van der Waals surface area contributed by atoms with Gasteiger partial charge in [-0.3, -0.25) is 9.69 Å². The summed E-state index contributed by atoms with van der Waals surface area (Å²) in [6.45, 7) is 5.84. The van der Waals surface area contributed by atoms with Crippen LogP contribution in [0.3, 0.4) is 0 Å². The van der Waals surface area contributed by atoms with E-state index in [2.05, 4.69) is 27.9 Å². The minimum Gasteiger partial charge on any atom is -0.492 e. The molecular formula is C21H24N5O3. The van der Waals surface area contributed by atoms with Gasteiger partial charge >= 0.3 is 6.03 Å². The minimum absolute atomic E-state index is 0.333. The van der Waals surface area contributed by atoms with E-state index in [1.54, 1.807) is 6.07 Å². The van der Waals surface area contributed by atoms with Crippen LogP contribution in [0.15, 0.2) is 41.3 Å². The number of amides is 1. The molecule has 1 fully saturated rings. The first-order chi connectivity index (χ1) is 14.0. The smallest absolute Gasteiger partial charge is 0.325 e. The molecule has 0 spiro atoms. The molecule has 0 unspecified atom stereocenters. The van der Waals surface area contributed by atoms with E-state index in [1.165, 1.54) is 6.20 Å². The van der Waals surface area contributed by atoms with Gasteiger partial charge in [-0.2, -0.15) is 0 Å². The summed E-state index contributed by atoms with van der Waals surface area (Å²) in [6, 6.07) is 11.1. The SMILES string of the molecule is CN1CCN(CCOc2ccc3[nH]c(-c4c[c]cn(C(N)=O)c4=O)cc3c2)CC1. The van der Waals surface area contributed by atoms with Crippen LogP contribution in [0, 0.1) is 6.07 Å². The summed E-state index contributed by atoms with van der Waals surface area (Å²) in [7, 11) is 2.14. The number of nitrogens with two attached hydrogens (primary N) is 1. The predicted octanol–water partition coefficient (Wildman–Crippen LogP) is 1.35. The lowest BCUT2D eigenvalue weighted by atomic mass is 10.2. The molecule has 3 aromatic rings. The molecule has 1 amide bonds. The monoisotopic (exact) mass is 394 g/mol. The Morgan fingerprint density at radius 2 is 2.03 bits per heavy atom. The topological polar surface area (TPSA) is 96.6 Å². The second kappa shape index (κ2) is 8.10. The highest BCUT2D eigenvalue weighted by atomic mass is 16.5. The number of ether oxygens (including phenoxy) is 1. The fourth-order valence-corrected chi connectivity index (χ4v) is 3.51. The largest absolute Gasteiger partial charge is 0.492 e. The summed E-state index contributed by atoms with van der Waals surface area (Å²) < 4.78 is 6.77. The Morgan fingerprint density at radius 1 is 1.24 bits per heavy atom. The number of aromatic amines is 1. The number of aromatic nitrogens is 2. The van der Waals surface area contributed by atoms with Crippen molar-refractivity contribution in [2.45, 2.75) is 0 Å².